The van der Waals surface area contributed by atoms with Gasteiger partial charge in [-0.3, -0.25) is 4.79 Å². The molecule has 0 atom stereocenters. The van der Waals surface area contributed by atoms with Crippen molar-refractivity contribution < 1.29 is 9.53 Å². The van der Waals surface area contributed by atoms with Crippen molar-refractivity contribution in [3.63, 3.8) is 0 Å². The van der Waals surface area contributed by atoms with Gasteiger partial charge >= 0.3 is 0 Å². The van der Waals surface area contributed by atoms with E-state index in [2.05, 4.69) is 26.2 Å². The Hall–Kier alpha value is -2.08. The number of aromatic nitrogens is 1. The number of methoxy groups -OCH3 is 1. The first-order chi connectivity index (χ1) is 9.10. The minimum Gasteiger partial charge on any atom is -0.496 e. The summed E-state index contributed by atoms with van der Waals surface area (Å²) in [6, 6.07) is 8.50. The summed E-state index contributed by atoms with van der Waals surface area (Å²) in [5.41, 5.74) is 6.50. The van der Waals surface area contributed by atoms with Gasteiger partial charge in [0, 0.05) is 4.47 Å². The molecule has 6 heteroatoms. The second-order valence-corrected chi connectivity index (χ2v) is 4.69. The Labute approximate surface area is 118 Å². The van der Waals surface area contributed by atoms with E-state index in [0.29, 0.717) is 22.8 Å². The fourth-order valence-electron chi connectivity index (χ4n) is 1.53. The maximum absolute atomic E-state index is 12.1. The Kier molecular flexibility index (Phi) is 4.01. The third-order valence-corrected chi connectivity index (χ3v) is 2.95. The first-order valence-electron chi connectivity index (χ1n) is 5.46. The molecule has 0 fully saturated rings. The van der Waals surface area contributed by atoms with Gasteiger partial charge in [0.2, 0.25) is 0 Å². The van der Waals surface area contributed by atoms with Crippen LogP contribution in [0.5, 0.6) is 5.75 Å². The van der Waals surface area contributed by atoms with E-state index in [4.69, 9.17) is 10.5 Å². The van der Waals surface area contributed by atoms with Gasteiger partial charge < -0.3 is 15.8 Å². The van der Waals surface area contributed by atoms with Crippen molar-refractivity contribution in [3.05, 3.63) is 46.6 Å². The maximum Gasteiger partial charge on any atom is 0.259 e. The lowest BCUT2D eigenvalue weighted by atomic mass is 10.2. The lowest BCUT2D eigenvalue weighted by Crippen LogP contribution is -2.13. The summed E-state index contributed by atoms with van der Waals surface area (Å²) < 4.78 is 6.02. The van der Waals surface area contributed by atoms with Gasteiger partial charge in [0.25, 0.3) is 5.91 Å². The molecular weight excluding hydrogens is 310 g/mol. The summed E-state index contributed by atoms with van der Waals surface area (Å²) in [6.07, 6.45) is 1.50. The highest BCUT2D eigenvalue weighted by atomic mass is 79.9. The standard InChI is InChI=1S/C13H12BrN3O2/c1-19-11-6-8(14)2-4-10(11)13(18)17-9-3-5-12(15)16-7-9/h2-7H,1H3,(H2,15,16)(H,17,18). The smallest absolute Gasteiger partial charge is 0.259 e. The molecule has 0 radical (unpaired) electrons. The Morgan fingerprint density at radius 2 is 2.16 bits per heavy atom. The number of nitrogens with zero attached hydrogens (tertiary/aromatic N) is 1. The number of amides is 1. The molecule has 0 spiro atoms. The molecule has 0 aliphatic carbocycles. The average Bonchev–Trinajstić information content (AvgIpc) is 2.41. The van der Waals surface area contributed by atoms with E-state index in [0.717, 1.165) is 4.47 Å². The van der Waals surface area contributed by atoms with Gasteiger partial charge in [-0.1, -0.05) is 15.9 Å². The second kappa shape index (κ2) is 5.71. The predicted octanol–water partition coefficient (Wildman–Crippen LogP) is 2.69. The summed E-state index contributed by atoms with van der Waals surface area (Å²) in [5.74, 6) is 0.630. The van der Waals surface area contributed by atoms with Gasteiger partial charge in [-0.2, -0.15) is 0 Å². The minimum absolute atomic E-state index is 0.268. The molecule has 0 aliphatic heterocycles. The Morgan fingerprint density at radius 3 is 2.79 bits per heavy atom. The number of hydrogen-bond donors (Lipinski definition) is 2. The largest absolute Gasteiger partial charge is 0.496 e. The molecule has 2 aromatic rings. The predicted molar refractivity (Wildman–Crippen MR) is 77.3 cm³/mol. The molecule has 0 saturated heterocycles. The molecule has 1 aromatic heterocycles. The molecule has 2 rings (SSSR count). The van der Waals surface area contributed by atoms with E-state index in [-0.39, 0.29) is 5.91 Å². The zero-order valence-corrected chi connectivity index (χ0v) is 11.8. The second-order valence-electron chi connectivity index (χ2n) is 3.77. The van der Waals surface area contributed by atoms with Crippen molar-refractivity contribution in [2.45, 2.75) is 0 Å². The molecule has 1 amide bonds. The van der Waals surface area contributed by atoms with Crippen molar-refractivity contribution in [3.8, 4) is 5.75 Å². The van der Waals surface area contributed by atoms with Gasteiger partial charge in [-0.15, -0.1) is 0 Å². The number of carbonyl (C=O) groups is 1. The molecule has 3 N–H and O–H groups in total. The van der Waals surface area contributed by atoms with Crippen LogP contribution in [0.25, 0.3) is 0 Å². The van der Waals surface area contributed by atoms with Gasteiger partial charge in [0.1, 0.15) is 11.6 Å². The zero-order chi connectivity index (χ0) is 13.8. The third-order valence-electron chi connectivity index (χ3n) is 2.45. The molecule has 1 aromatic carbocycles. The van der Waals surface area contributed by atoms with Gasteiger partial charge in [0.05, 0.1) is 24.6 Å². The van der Waals surface area contributed by atoms with Crippen molar-refractivity contribution in [1.82, 2.24) is 4.98 Å². The molecular formula is C13H12BrN3O2. The third kappa shape index (κ3) is 3.23. The minimum atomic E-state index is -0.268. The van der Waals surface area contributed by atoms with E-state index in [1.54, 1.807) is 30.3 Å². The molecule has 0 unspecified atom stereocenters. The number of nitrogen functional groups attached to an aromatic ring is 1. The van der Waals surface area contributed by atoms with Crippen LogP contribution >= 0.6 is 15.9 Å². The van der Waals surface area contributed by atoms with E-state index in [1.807, 2.05) is 0 Å². The van der Waals surface area contributed by atoms with Gasteiger partial charge in [0.15, 0.2) is 0 Å². The highest BCUT2D eigenvalue weighted by Crippen LogP contribution is 2.24. The Balaban J connectivity index is 2.22. The van der Waals surface area contributed by atoms with Crippen LogP contribution < -0.4 is 15.8 Å². The summed E-state index contributed by atoms with van der Waals surface area (Å²) in [4.78, 5) is 16.0. The molecule has 98 valence electrons. The van der Waals surface area contributed by atoms with Crippen LogP contribution in [0.1, 0.15) is 10.4 Å². The number of rotatable bonds is 3. The van der Waals surface area contributed by atoms with E-state index >= 15 is 0 Å². The Morgan fingerprint density at radius 1 is 1.37 bits per heavy atom. The normalized spacial score (nSPS) is 10.0. The monoisotopic (exact) mass is 321 g/mol. The van der Waals surface area contributed by atoms with Crippen LogP contribution in [0.15, 0.2) is 41.0 Å². The number of benzene rings is 1. The van der Waals surface area contributed by atoms with Crippen LogP contribution in [0, 0.1) is 0 Å². The molecule has 0 bridgehead atoms. The van der Waals surface area contributed by atoms with Crippen molar-refractivity contribution >= 4 is 33.3 Å². The van der Waals surface area contributed by atoms with Crippen LogP contribution in [-0.4, -0.2) is 18.0 Å². The molecule has 1 heterocycles. The van der Waals surface area contributed by atoms with E-state index in [9.17, 15) is 4.79 Å². The average molecular weight is 322 g/mol. The SMILES string of the molecule is COc1cc(Br)ccc1C(=O)Nc1ccc(N)nc1. The highest BCUT2D eigenvalue weighted by molar-refractivity contribution is 9.10. The Bertz CT molecular complexity index is 599. The number of pyridine rings is 1. The number of hydrogen-bond acceptors (Lipinski definition) is 4. The van der Waals surface area contributed by atoms with Crippen LogP contribution in [0.4, 0.5) is 11.5 Å². The first kappa shape index (κ1) is 13.4. The quantitative estimate of drug-likeness (QED) is 0.911. The summed E-state index contributed by atoms with van der Waals surface area (Å²) in [6.45, 7) is 0. The summed E-state index contributed by atoms with van der Waals surface area (Å²) in [5, 5.41) is 2.73. The van der Waals surface area contributed by atoms with Crippen molar-refractivity contribution in [2.24, 2.45) is 0 Å². The molecule has 5 nitrogen and oxygen atoms in total. The molecule has 0 saturated carbocycles. The lowest BCUT2D eigenvalue weighted by molar-refractivity contribution is 0.102. The number of halogens is 1. The van der Waals surface area contributed by atoms with Crippen molar-refractivity contribution in [1.29, 1.82) is 0 Å². The number of carbonyl (C=O) groups excluding carboxylic acids is 1. The summed E-state index contributed by atoms with van der Waals surface area (Å²) in [7, 11) is 1.52. The van der Waals surface area contributed by atoms with Gasteiger partial charge in [-0.05, 0) is 30.3 Å². The van der Waals surface area contributed by atoms with Gasteiger partial charge in [-0.25, -0.2) is 4.98 Å². The zero-order valence-electron chi connectivity index (χ0n) is 10.2. The van der Waals surface area contributed by atoms with Crippen molar-refractivity contribution in [2.75, 3.05) is 18.2 Å². The van der Waals surface area contributed by atoms with Crippen LogP contribution in [0.2, 0.25) is 0 Å². The fraction of sp³-hybridized carbons (Fsp3) is 0.0769. The number of nitrogens with two attached hydrogens (primary N) is 1. The number of anilines is 2. The van der Waals surface area contributed by atoms with Crippen LogP contribution in [0.3, 0.4) is 0 Å². The van der Waals surface area contributed by atoms with E-state index < -0.39 is 0 Å². The molecule has 19 heavy (non-hydrogen) atoms. The van der Waals surface area contributed by atoms with Crippen LogP contribution in [-0.2, 0) is 0 Å². The molecule has 0 aliphatic rings. The fourth-order valence-corrected chi connectivity index (χ4v) is 1.87. The number of ether oxygens (including phenoxy) is 1. The highest BCUT2D eigenvalue weighted by Gasteiger charge is 2.12. The lowest BCUT2D eigenvalue weighted by Gasteiger charge is -2.09. The number of nitrogens with one attached hydrogen (secondary N) is 1. The maximum atomic E-state index is 12.1. The van der Waals surface area contributed by atoms with E-state index in [1.165, 1.54) is 13.3 Å². The summed E-state index contributed by atoms with van der Waals surface area (Å²) >= 11 is 3.33. The first-order valence-corrected chi connectivity index (χ1v) is 6.26. The topological polar surface area (TPSA) is 77.2 Å².